The summed E-state index contributed by atoms with van der Waals surface area (Å²) < 4.78 is 40.8. The van der Waals surface area contributed by atoms with Gasteiger partial charge in [-0.25, -0.2) is 4.99 Å². The Labute approximate surface area is 228 Å². The Morgan fingerprint density at radius 3 is 2.37 bits per heavy atom. The van der Waals surface area contributed by atoms with Gasteiger partial charge in [-0.05, 0) is 42.5 Å². The van der Waals surface area contributed by atoms with Crippen LogP contribution in [0.25, 0.3) is 0 Å². The van der Waals surface area contributed by atoms with Crippen molar-refractivity contribution in [2.45, 2.75) is 18.6 Å². The zero-order valence-corrected chi connectivity index (χ0v) is 21.5. The van der Waals surface area contributed by atoms with E-state index in [1.807, 2.05) is 23.1 Å². The molecule has 12 heteroatoms. The summed E-state index contributed by atoms with van der Waals surface area (Å²) in [5.74, 6) is -0.673. The lowest BCUT2D eigenvalue weighted by molar-refractivity contribution is -0.138. The molecular weight excluding hydrogens is 542 g/mol. The summed E-state index contributed by atoms with van der Waals surface area (Å²) in [4.78, 5) is 26.6. The molecule has 2 aliphatic rings. The molecule has 1 aromatic heterocycles. The summed E-state index contributed by atoms with van der Waals surface area (Å²) >= 11 is 6.15. The fourth-order valence-corrected chi connectivity index (χ4v) is 4.95. The maximum atomic E-state index is 13.6. The predicted octanol–water partition coefficient (Wildman–Crippen LogP) is 6.02. The van der Waals surface area contributed by atoms with Gasteiger partial charge in [0.05, 0.1) is 29.9 Å². The third kappa shape index (κ3) is 5.66. The Balaban J connectivity index is 0.00000336. The maximum absolute atomic E-state index is 13.6. The molecule has 0 radical (unpaired) electrons. The molecule has 1 unspecified atom stereocenters. The van der Waals surface area contributed by atoms with Crippen LogP contribution in [-0.2, 0) is 11.0 Å². The number of carboxylic acid groups (broad SMARTS) is 1. The highest BCUT2D eigenvalue weighted by molar-refractivity contribution is 6.30. The van der Waals surface area contributed by atoms with Crippen LogP contribution in [-0.4, -0.2) is 53.1 Å². The van der Waals surface area contributed by atoms with Crippen LogP contribution >= 0.6 is 24.0 Å². The average Bonchev–Trinajstić information content (AvgIpc) is 2.88. The molecule has 0 saturated carbocycles. The summed E-state index contributed by atoms with van der Waals surface area (Å²) in [6.07, 6.45) is -1.79. The molecular formula is C26H24Cl2F3N5O2. The van der Waals surface area contributed by atoms with Crippen molar-refractivity contribution in [1.82, 2.24) is 9.88 Å². The fourth-order valence-electron chi connectivity index (χ4n) is 4.77. The van der Waals surface area contributed by atoms with Crippen LogP contribution in [0.1, 0.15) is 23.6 Å². The molecule has 0 spiro atoms. The van der Waals surface area contributed by atoms with Crippen LogP contribution in [0.4, 0.5) is 30.2 Å². The van der Waals surface area contributed by atoms with Gasteiger partial charge >= 0.3 is 12.1 Å². The Kier molecular flexibility index (Phi) is 8.03. The number of nitrogens with zero attached hydrogens (tertiary/aromatic N) is 5. The number of piperazine rings is 1. The number of hydrogen-bond acceptors (Lipinski definition) is 6. The van der Waals surface area contributed by atoms with Gasteiger partial charge in [-0.2, -0.15) is 13.2 Å². The number of hydrogen-bond donors (Lipinski definition) is 1. The zero-order chi connectivity index (χ0) is 26.2. The fraction of sp³-hybridized carbons (Fsp3) is 0.269. The van der Waals surface area contributed by atoms with Crippen LogP contribution in [0.5, 0.6) is 0 Å². The van der Waals surface area contributed by atoms with E-state index >= 15 is 0 Å². The van der Waals surface area contributed by atoms with Crippen LogP contribution in [0.2, 0.25) is 5.02 Å². The van der Waals surface area contributed by atoms with Crippen molar-refractivity contribution >= 4 is 53.0 Å². The molecule has 5 rings (SSSR count). The maximum Gasteiger partial charge on any atom is 0.416 e. The van der Waals surface area contributed by atoms with E-state index in [4.69, 9.17) is 16.6 Å². The van der Waals surface area contributed by atoms with Crippen LogP contribution in [0.3, 0.4) is 0 Å². The number of aliphatic imine (C=N–C) groups is 1. The third-order valence-corrected chi connectivity index (χ3v) is 6.73. The van der Waals surface area contributed by atoms with Crippen LogP contribution < -0.4 is 9.80 Å². The van der Waals surface area contributed by atoms with Crippen molar-refractivity contribution in [3.63, 3.8) is 0 Å². The number of aromatic nitrogens is 1. The lowest BCUT2D eigenvalue weighted by Crippen LogP contribution is -2.55. The van der Waals surface area contributed by atoms with Gasteiger partial charge in [0.15, 0.2) is 0 Å². The van der Waals surface area contributed by atoms with Gasteiger partial charge in [-0.15, -0.1) is 12.4 Å². The summed E-state index contributed by atoms with van der Waals surface area (Å²) in [6, 6.07) is 13.4. The van der Waals surface area contributed by atoms with E-state index in [1.54, 1.807) is 29.3 Å². The van der Waals surface area contributed by atoms with Gasteiger partial charge in [0.2, 0.25) is 5.96 Å². The molecule has 3 heterocycles. The molecule has 3 aromatic rings. The molecule has 1 N–H and O–H groups in total. The normalized spacial score (nSPS) is 17.4. The van der Waals surface area contributed by atoms with Gasteiger partial charge in [-0.1, -0.05) is 23.7 Å². The standard InChI is InChI=1S/C26H23ClF3N5O2.ClH/c27-18-4-2-5-19(14-18)33-9-11-34(12-10-33)25-32-22-16-31-8-7-21(22)23(15-24(36)37)35(25)20-6-1-3-17(13-20)26(28,29)30;/h1-8,13-14,16,23H,9-12,15H2,(H,36,37);1H. The molecule has 0 aliphatic carbocycles. The van der Waals surface area contributed by atoms with Gasteiger partial charge in [0.25, 0.3) is 0 Å². The minimum absolute atomic E-state index is 0. The van der Waals surface area contributed by atoms with Crippen LogP contribution in [0.15, 0.2) is 72.0 Å². The van der Waals surface area contributed by atoms with Gasteiger partial charge in [0, 0.05) is 54.3 Å². The third-order valence-electron chi connectivity index (χ3n) is 6.49. The number of pyridine rings is 1. The van der Waals surface area contributed by atoms with Crippen molar-refractivity contribution in [2.75, 3.05) is 36.0 Å². The zero-order valence-electron chi connectivity index (χ0n) is 20.0. The Bertz CT molecular complexity index is 1350. The highest BCUT2D eigenvalue weighted by atomic mass is 35.5. The molecule has 2 aromatic carbocycles. The van der Waals surface area contributed by atoms with E-state index in [2.05, 4.69) is 9.88 Å². The van der Waals surface area contributed by atoms with Crippen molar-refractivity contribution in [2.24, 2.45) is 4.99 Å². The number of benzene rings is 2. The second kappa shape index (κ2) is 11.1. The molecule has 1 fully saturated rings. The minimum atomic E-state index is -4.55. The molecule has 7 nitrogen and oxygen atoms in total. The molecule has 1 atom stereocenters. The molecule has 38 heavy (non-hydrogen) atoms. The van der Waals surface area contributed by atoms with Crippen molar-refractivity contribution in [1.29, 1.82) is 0 Å². The number of halogens is 5. The molecule has 2 aliphatic heterocycles. The van der Waals surface area contributed by atoms with E-state index in [1.165, 1.54) is 12.3 Å². The van der Waals surface area contributed by atoms with Crippen molar-refractivity contribution < 1.29 is 23.1 Å². The quantitative estimate of drug-likeness (QED) is 0.417. The summed E-state index contributed by atoms with van der Waals surface area (Å²) in [6.45, 7) is 2.30. The first kappa shape index (κ1) is 27.5. The number of carbonyl (C=O) groups is 1. The first-order valence-corrected chi connectivity index (χ1v) is 12.0. The Morgan fingerprint density at radius 1 is 1.00 bits per heavy atom. The molecule has 200 valence electrons. The van der Waals surface area contributed by atoms with Crippen molar-refractivity contribution in [3.8, 4) is 0 Å². The molecule has 0 bridgehead atoms. The second-order valence-corrected chi connectivity index (χ2v) is 9.27. The average molecular weight is 566 g/mol. The summed E-state index contributed by atoms with van der Waals surface area (Å²) in [5.41, 5.74) is 1.48. The number of aliphatic carboxylic acids is 1. The molecule has 0 amide bonds. The van der Waals surface area contributed by atoms with Crippen molar-refractivity contribution in [3.05, 3.63) is 83.1 Å². The van der Waals surface area contributed by atoms with Crippen LogP contribution in [0, 0.1) is 0 Å². The number of anilines is 2. The van der Waals surface area contributed by atoms with E-state index in [-0.39, 0.29) is 24.5 Å². The first-order chi connectivity index (χ1) is 17.7. The number of fused-ring (bicyclic) bond motifs is 1. The SMILES string of the molecule is Cl.O=C(O)CC1c2ccncc2N=C(N2CCN(c3cccc(Cl)c3)CC2)N1c1cccc(C(F)(F)F)c1. The Hall–Kier alpha value is -3.50. The van der Waals surface area contributed by atoms with Gasteiger partial charge in [-0.3, -0.25) is 9.78 Å². The Morgan fingerprint density at radius 2 is 1.68 bits per heavy atom. The lowest BCUT2D eigenvalue weighted by atomic mass is 9.98. The van der Waals surface area contributed by atoms with Gasteiger partial charge in [0.1, 0.15) is 0 Å². The van der Waals surface area contributed by atoms with E-state index < -0.39 is 23.8 Å². The monoisotopic (exact) mass is 565 g/mol. The largest absolute Gasteiger partial charge is 0.481 e. The van der Waals surface area contributed by atoms with E-state index in [9.17, 15) is 23.1 Å². The van der Waals surface area contributed by atoms with E-state index in [0.29, 0.717) is 48.4 Å². The first-order valence-electron chi connectivity index (χ1n) is 11.7. The number of rotatable bonds is 4. The lowest BCUT2D eigenvalue weighted by Gasteiger charge is -2.45. The topological polar surface area (TPSA) is 72.3 Å². The number of guanidine groups is 1. The minimum Gasteiger partial charge on any atom is -0.481 e. The number of carboxylic acids is 1. The highest BCUT2D eigenvalue weighted by Gasteiger charge is 2.38. The highest BCUT2D eigenvalue weighted by Crippen LogP contribution is 2.41. The summed E-state index contributed by atoms with van der Waals surface area (Å²) in [7, 11) is 0. The van der Waals surface area contributed by atoms with E-state index in [0.717, 1.165) is 17.8 Å². The summed E-state index contributed by atoms with van der Waals surface area (Å²) in [5, 5.41) is 10.4. The second-order valence-electron chi connectivity index (χ2n) is 8.83. The predicted molar refractivity (Wildman–Crippen MR) is 143 cm³/mol. The smallest absolute Gasteiger partial charge is 0.416 e. The van der Waals surface area contributed by atoms with Gasteiger partial charge < -0.3 is 19.8 Å². The number of alkyl halides is 3. The molecule has 1 saturated heterocycles.